The van der Waals surface area contributed by atoms with Crippen LogP contribution in [0.5, 0.6) is 5.75 Å². The molecule has 4 heteroatoms. The summed E-state index contributed by atoms with van der Waals surface area (Å²) in [7, 11) is 0. The molecule has 0 saturated heterocycles. The van der Waals surface area contributed by atoms with Gasteiger partial charge in [-0.3, -0.25) is 9.59 Å². The van der Waals surface area contributed by atoms with Gasteiger partial charge in [-0.15, -0.1) is 0 Å². The maximum absolute atomic E-state index is 11.8. The van der Waals surface area contributed by atoms with Crippen molar-refractivity contribution in [3.05, 3.63) is 53.6 Å². The third-order valence-electron chi connectivity index (χ3n) is 2.97. The lowest BCUT2D eigenvalue weighted by molar-refractivity contribution is 0.0955. The van der Waals surface area contributed by atoms with Crippen molar-refractivity contribution in [3.8, 4) is 16.9 Å². The largest absolute Gasteiger partial charge is 0.507 e. The van der Waals surface area contributed by atoms with Crippen molar-refractivity contribution in [3.63, 3.8) is 0 Å². The number of phenols is 1. The number of hydrogen-bond donors (Lipinski definition) is 2. The van der Waals surface area contributed by atoms with E-state index >= 15 is 0 Å². The molecule has 0 unspecified atom stereocenters. The molecule has 0 atom stereocenters. The number of amides is 1. The molecule has 0 bridgehead atoms. The van der Waals surface area contributed by atoms with Gasteiger partial charge in [-0.1, -0.05) is 24.3 Å². The Morgan fingerprint density at radius 2 is 2.00 bits per heavy atom. The summed E-state index contributed by atoms with van der Waals surface area (Å²) in [6.45, 7) is 2.40. The van der Waals surface area contributed by atoms with Gasteiger partial charge in [0.2, 0.25) is 0 Å². The molecule has 102 valence electrons. The second-order valence-electron chi connectivity index (χ2n) is 4.30. The van der Waals surface area contributed by atoms with Gasteiger partial charge in [0, 0.05) is 17.7 Å². The predicted octanol–water partition coefficient (Wildman–Crippen LogP) is 2.62. The molecule has 0 saturated carbocycles. The van der Waals surface area contributed by atoms with E-state index in [4.69, 9.17) is 0 Å². The molecule has 2 N–H and O–H groups in total. The van der Waals surface area contributed by atoms with Crippen LogP contribution in [-0.2, 0) is 0 Å². The predicted molar refractivity (Wildman–Crippen MR) is 76.9 cm³/mol. The van der Waals surface area contributed by atoms with Gasteiger partial charge >= 0.3 is 0 Å². The van der Waals surface area contributed by atoms with Crippen LogP contribution in [0.1, 0.15) is 27.6 Å². The fourth-order valence-electron chi connectivity index (χ4n) is 1.98. The fraction of sp³-hybridized carbons (Fsp3) is 0.125. The fourth-order valence-corrected chi connectivity index (χ4v) is 1.98. The first-order chi connectivity index (χ1) is 9.67. The molecule has 0 spiro atoms. The monoisotopic (exact) mass is 269 g/mol. The number of carbonyl (C=O) groups excluding carboxylic acids is 2. The van der Waals surface area contributed by atoms with E-state index in [-0.39, 0.29) is 17.2 Å². The molecular formula is C16H15NO3. The lowest BCUT2D eigenvalue weighted by Gasteiger charge is -2.08. The first-order valence-electron chi connectivity index (χ1n) is 6.33. The van der Waals surface area contributed by atoms with Crippen LogP contribution in [0.15, 0.2) is 42.5 Å². The number of aldehydes is 1. The Morgan fingerprint density at radius 1 is 1.25 bits per heavy atom. The molecule has 0 aliphatic rings. The Morgan fingerprint density at radius 3 is 2.70 bits per heavy atom. The second-order valence-corrected chi connectivity index (χ2v) is 4.30. The van der Waals surface area contributed by atoms with Gasteiger partial charge in [0.1, 0.15) is 5.75 Å². The average Bonchev–Trinajstić information content (AvgIpc) is 2.48. The molecular weight excluding hydrogens is 254 g/mol. The maximum Gasteiger partial charge on any atom is 0.251 e. The number of carbonyl (C=O) groups is 2. The third-order valence-corrected chi connectivity index (χ3v) is 2.97. The molecule has 0 radical (unpaired) electrons. The molecule has 0 heterocycles. The number of nitrogens with one attached hydrogen (secondary N) is 1. The van der Waals surface area contributed by atoms with Gasteiger partial charge in [0.05, 0.1) is 5.56 Å². The standard InChI is InChI=1S/C16H15NO3/c1-2-17-16(20)12-6-3-5-11(9-12)14-8-4-7-13(10-18)15(14)19/h3-10,19H,2H2,1H3,(H,17,20). The van der Waals surface area contributed by atoms with Gasteiger partial charge in [-0.05, 0) is 30.7 Å². The second kappa shape index (κ2) is 6.02. The van der Waals surface area contributed by atoms with Crippen molar-refractivity contribution in [1.29, 1.82) is 0 Å². The van der Waals surface area contributed by atoms with Crippen LogP contribution in [0, 0.1) is 0 Å². The Hall–Kier alpha value is -2.62. The molecule has 2 aromatic rings. The van der Waals surface area contributed by atoms with Gasteiger partial charge < -0.3 is 10.4 Å². The summed E-state index contributed by atoms with van der Waals surface area (Å²) in [6, 6.07) is 11.9. The van der Waals surface area contributed by atoms with Crippen LogP contribution in [0.3, 0.4) is 0 Å². The number of para-hydroxylation sites is 1. The Bertz CT molecular complexity index is 650. The number of rotatable bonds is 4. The number of aromatic hydroxyl groups is 1. The zero-order valence-electron chi connectivity index (χ0n) is 11.1. The Kier molecular flexibility index (Phi) is 4.15. The minimum atomic E-state index is -0.166. The molecule has 2 rings (SSSR count). The van der Waals surface area contributed by atoms with E-state index in [1.54, 1.807) is 42.5 Å². The number of phenolic OH excluding ortho intramolecular Hbond substituents is 1. The summed E-state index contributed by atoms with van der Waals surface area (Å²) in [5.74, 6) is -0.240. The van der Waals surface area contributed by atoms with Crippen LogP contribution in [0.25, 0.3) is 11.1 Å². The smallest absolute Gasteiger partial charge is 0.251 e. The van der Waals surface area contributed by atoms with Gasteiger partial charge in [0.15, 0.2) is 6.29 Å². The van der Waals surface area contributed by atoms with Crippen LogP contribution >= 0.6 is 0 Å². The van der Waals surface area contributed by atoms with Crippen molar-refractivity contribution in [2.75, 3.05) is 6.54 Å². The van der Waals surface area contributed by atoms with E-state index < -0.39 is 0 Å². The van der Waals surface area contributed by atoms with Crippen molar-refractivity contribution in [1.82, 2.24) is 5.32 Å². The van der Waals surface area contributed by atoms with E-state index in [1.165, 1.54) is 0 Å². The molecule has 0 aliphatic heterocycles. The SMILES string of the molecule is CCNC(=O)c1cccc(-c2cccc(C=O)c2O)c1. The zero-order chi connectivity index (χ0) is 14.5. The summed E-state index contributed by atoms with van der Waals surface area (Å²) >= 11 is 0. The summed E-state index contributed by atoms with van der Waals surface area (Å²) < 4.78 is 0. The summed E-state index contributed by atoms with van der Waals surface area (Å²) in [5, 5.41) is 12.8. The van der Waals surface area contributed by atoms with Crippen LogP contribution < -0.4 is 5.32 Å². The first kappa shape index (κ1) is 13.8. The van der Waals surface area contributed by atoms with Crippen molar-refractivity contribution < 1.29 is 14.7 Å². The van der Waals surface area contributed by atoms with Crippen molar-refractivity contribution in [2.24, 2.45) is 0 Å². The third kappa shape index (κ3) is 2.69. The van der Waals surface area contributed by atoms with E-state index in [2.05, 4.69) is 5.32 Å². The molecule has 2 aromatic carbocycles. The molecule has 4 nitrogen and oxygen atoms in total. The van der Waals surface area contributed by atoms with E-state index in [9.17, 15) is 14.7 Å². The van der Waals surface area contributed by atoms with Crippen LogP contribution in [-0.4, -0.2) is 23.8 Å². The molecule has 0 fully saturated rings. The number of benzene rings is 2. The normalized spacial score (nSPS) is 10.1. The van der Waals surface area contributed by atoms with Gasteiger partial charge in [-0.2, -0.15) is 0 Å². The Balaban J connectivity index is 2.46. The van der Waals surface area contributed by atoms with Crippen LogP contribution in [0.2, 0.25) is 0 Å². The van der Waals surface area contributed by atoms with Gasteiger partial charge in [0.25, 0.3) is 5.91 Å². The molecule has 20 heavy (non-hydrogen) atoms. The molecule has 1 amide bonds. The molecule has 0 aliphatic carbocycles. The lowest BCUT2D eigenvalue weighted by atomic mass is 10.00. The minimum Gasteiger partial charge on any atom is -0.507 e. The van der Waals surface area contributed by atoms with E-state index in [0.717, 1.165) is 0 Å². The highest BCUT2D eigenvalue weighted by Crippen LogP contribution is 2.31. The number of hydrogen-bond acceptors (Lipinski definition) is 3. The van der Waals surface area contributed by atoms with Crippen LogP contribution in [0.4, 0.5) is 0 Å². The highest BCUT2D eigenvalue weighted by atomic mass is 16.3. The highest BCUT2D eigenvalue weighted by Gasteiger charge is 2.10. The van der Waals surface area contributed by atoms with E-state index in [0.29, 0.717) is 29.5 Å². The average molecular weight is 269 g/mol. The van der Waals surface area contributed by atoms with E-state index in [1.807, 2.05) is 6.92 Å². The van der Waals surface area contributed by atoms with Gasteiger partial charge in [-0.25, -0.2) is 0 Å². The minimum absolute atomic E-state index is 0.0736. The topological polar surface area (TPSA) is 66.4 Å². The zero-order valence-corrected chi connectivity index (χ0v) is 11.1. The molecule has 0 aromatic heterocycles. The van der Waals surface area contributed by atoms with Crippen molar-refractivity contribution >= 4 is 12.2 Å². The lowest BCUT2D eigenvalue weighted by Crippen LogP contribution is -2.22. The Labute approximate surface area is 117 Å². The quantitative estimate of drug-likeness (QED) is 0.838. The maximum atomic E-state index is 11.8. The summed E-state index contributed by atoms with van der Waals surface area (Å²) in [5.41, 5.74) is 1.96. The highest BCUT2D eigenvalue weighted by molar-refractivity contribution is 5.96. The van der Waals surface area contributed by atoms with Crippen molar-refractivity contribution in [2.45, 2.75) is 6.92 Å². The summed E-state index contributed by atoms with van der Waals surface area (Å²) in [6.07, 6.45) is 0.604. The first-order valence-corrected chi connectivity index (χ1v) is 6.33. The summed E-state index contributed by atoms with van der Waals surface area (Å²) in [4.78, 5) is 22.7.